The highest BCUT2D eigenvalue weighted by atomic mass is 19.1. The Morgan fingerprint density at radius 1 is 1.53 bits per heavy atom. The van der Waals surface area contributed by atoms with E-state index in [-0.39, 0.29) is 5.75 Å². The van der Waals surface area contributed by atoms with Crippen molar-refractivity contribution in [3.63, 3.8) is 0 Å². The van der Waals surface area contributed by atoms with Crippen LogP contribution in [0.4, 0.5) is 4.39 Å². The van der Waals surface area contributed by atoms with Crippen LogP contribution < -0.4 is 5.56 Å². The van der Waals surface area contributed by atoms with Gasteiger partial charge in [-0.3, -0.25) is 9.36 Å². The number of ether oxygens (including phenoxy) is 1. The van der Waals surface area contributed by atoms with Gasteiger partial charge in [-0.1, -0.05) is 0 Å². The van der Waals surface area contributed by atoms with Crippen molar-refractivity contribution in [1.29, 1.82) is 0 Å². The molecule has 7 heteroatoms. The second kappa shape index (κ2) is 4.44. The van der Waals surface area contributed by atoms with Gasteiger partial charge in [0.05, 0.1) is 6.61 Å². The van der Waals surface area contributed by atoms with E-state index in [1.54, 1.807) is 0 Å². The van der Waals surface area contributed by atoms with Crippen molar-refractivity contribution in [2.24, 2.45) is 0 Å². The van der Waals surface area contributed by atoms with Gasteiger partial charge in [0.2, 0.25) is 0 Å². The number of aliphatic hydroxyl groups is 2. The second-order valence-electron chi connectivity index (χ2n) is 3.81. The van der Waals surface area contributed by atoms with Crippen LogP contribution in [0.5, 0.6) is 5.75 Å². The monoisotopic (exact) mass is 245 g/mol. The predicted octanol–water partition coefficient (Wildman–Crippen LogP) is -0.857. The first-order valence-corrected chi connectivity index (χ1v) is 5.04. The van der Waals surface area contributed by atoms with E-state index in [4.69, 9.17) is 14.9 Å². The molecule has 6 nitrogen and oxygen atoms in total. The molecule has 2 rings (SSSR count). The molecule has 1 saturated heterocycles. The van der Waals surface area contributed by atoms with E-state index in [2.05, 4.69) is 0 Å². The Labute approximate surface area is 95.5 Å². The Morgan fingerprint density at radius 2 is 2.24 bits per heavy atom. The average Bonchev–Trinajstić information content (AvgIpc) is 2.57. The Bertz CT molecular complexity index is 462. The van der Waals surface area contributed by atoms with Crippen LogP contribution in [-0.4, -0.2) is 44.9 Å². The van der Waals surface area contributed by atoms with Gasteiger partial charge in [0.25, 0.3) is 5.56 Å². The maximum Gasteiger partial charge on any atom is 0.256 e. The highest BCUT2D eigenvalue weighted by molar-refractivity contribution is 5.16. The standard InChI is InChI=1S/C10H12FNO5/c11-8-6(4-13)17-10(9(8)16)12-2-1-5(14)3-7(12)15/h1-3,6,8-10,13-14,16H,4H2/t6-,8?,9+,10-/m1/s1. The number of rotatable bonds is 2. The van der Waals surface area contributed by atoms with Crippen molar-refractivity contribution in [2.45, 2.75) is 24.6 Å². The fourth-order valence-electron chi connectivity index (χ4n) is 1.78. The van der Waals surface area contributed by atoms with E-state index in [1.807, 2.05) is 0 Å². The lowest BCUT2D eigenvalue weighted by molar-refractivity contribution is -0.0531. The fourth-order valence-corrected chi connectivity index (χ4v) is 1.78. The highest BCUT2D eigenvalue weighted by Gasteiger charge is 2.44. The van der Waals surface area contributed by atoms with Gasteiger partial charge in [0, 0.05) is 12.3 Å². The van der Waals surface area contributed by atoms with E-state index >= 15 is 0 Å². The molecule has 3 N–H and O–H groups in total. The van der Waals surface area contributed by atoms with Gasteiger partial charge in [0.1, 0.15) is 18.0 Å². The maximum atomic E-state index is 13.4. The summed E-state index contributed by atoms with van der Waals surface area (Å²) in [5, 5.41) is 27.5. The quantitative estimate of drug-likeness (QED) is 0.630. The van der Waals surface area contributed by atoms with E-state index < -0.39 is 36.8 Å². The summed E-state index contributed by atoms with van der Waals surface area (Å²) in [5.41, 5.74) is -0.625. The minimum absolute atomic E-state index is 0.228. The van der Waals surface area contributed by atoms with Crippen LogP contribution in [0.15, 0.2) is 23.1 Å². The Morgan fingerprint density at radius 3 is 2.76 bits per heavy atom. The molecule has 0 aromatic carbocycles. The topological polar surface area (TPSA) is 91.9 Å². The van der Waals surface area contributed by atoms with Gasteiger partial charge in [0.15, 0.2) is 12.4 Å². The van der Waals surface area contributed by atoms with E-state index in [0.717, 1.165) is 10.6 Å². The molecule has 1 unspecified atom stereocenters. The zero-order chi connectivity index (χ0) is 12.6. The molecule has 0 aliphatic carbocycles. The lowest BCUT2D eigenvalue weighted by Gasteiger charge is -2.16. The molecule has 4 atom stereocenters. The van der Waals surface area contributed by atoms with Gasteiger partial charge in [-0.15, -0.1) is 0 Å². The fraction of sp³-hybridized carbons (Fsp3) is 0.500. The smallest absolute Gasteiger partial charge is 0.256 e. The summed E-state index contributed by atoms with van der Waals surface area (Å²) in [5.74, 6) is -0.228. The normalized spacial score (nSPS) is 32.9. The third-order valence-electron chi connectivity index (χ3n) is 2.67. The lowest BCUT2D eigenvalue weighted by atomic mass is 10.1. The third kappa shape index (κ3) is 2.04. The lowest BCUT2D eigenvalue weighted by Crippen LogP contribution is -2.32. The zero-order valence-electron chi connectivity index (χ0n) is 8.73. The summed E-state index contributed by atoms with van der Waals surface area (Å²) in [6, 6.07) is 2.15. The summed E-state index contributed by atoms with van der Waals surface area (Å²) in [6.45, 7) is -0.582. The van der Waals surface area contributed by atoms with Crippen molar-refractivity contribution in [1.82, 2.24) is 4.57 Å². The summed E-state index contributed by atoms with van der Waals surface area (Å²) >= 11 is 0. The molecule has 1 aromatic rings. The predicted molar refractivity (Wildman–Crippen MR) is 54.3 cm³/mol. The van der Waals surface area contributed by atoms with Gasteiger partial charge >= 0.3 is 0 Å². The summed E-state index contributed by atoms with van der Waals surface area (Å²) < 4.78 is 19.4. The molecule has 94 valence electrons. The molecule has 0 amide bonds. The second-order valence-corrected chi connectivity index (χ2v) is 3.81. The highest BCUT2D eigenvalue weighted by Crippen LogP contribution is 2.30. The molecule has 1 aliphatic heterocycles. The first-order chi connectivity index (χ1) is 8.04. The number of hydrogen-bond acceptors (Lipinski definition) is 5. The van der Waals surface area contributed by atoms with Crippen molar-refractivity contribution in [2.75, 3.05) is 6.61 Å². The first-order valence-electron chi connectivity index (χ1n) is 5.04. The largest absolute Gasteiger partial charge is 0.508 e. The maximum absolute atomic E-state index is 13.4. The Kier molecular flexibility index (Phi) is 3.14. The first kappa shape index (κ1) is 12.0. The van der Waals surface area contributed by atoms with Crippen molar-refractivity contribution < 1.29 is 24.4 Å². The van der Waals surface area contributed by atoms with Gasteiger partial charge in [-0.05, 0) is 6.07 Å². The zero-order valence-corrected chi connectivity index (χ0v) is 8.73. The number of aliphatic hydroxyl groups excluding tert-OH is 2. The Hall–Kier alpha value is -1.44. The van der Waals surface area contributed by atoms with Crippen LogP contribution >= 0.6 is 0 Å². The molecule has 1 fully saturated rings. The van der Waals surface area contributed by atoms with Crippen LogP contribution in [0, 0.1) is 0 Å². The average molecular weight is 245 g/mol. The van der Waals surface area contributed by atoms with Crippen molar-refractivity contribution in [3.8, 4) is 5.75 Å². The summed E-state index contributed by atoms with van der Waals surface area (Å²) in [4.78, 5) is 11.5. The molecular formula is C10H12FNO5. The number of hydrogen-bond donors (Lipinski definition) is 3. The minimum Gasteiger partial charge on any atom is -0.508 e. The molecule has 17 heavy (non-hydrogen) atoms. The summed E-state index contributed by atoms with van der Waals surface area (Å²) in [6.07, 6.45) is -4.45. The number of alkyl halides is 1. The van der Waals surface area contributed by atoms with Crippen LogP contribution in [0.2, 0.25) is 0 Å². The van der Waals surface area contributed by atoms with E-state index in [0.29, 0.717) is 0 Å². The third-order valence-corrected chi connectivity index (χ3v) is 2.67. The number of halogens is 1. The molecular weight excluding hydrogens is 233 g/mol. The van der Waals surface area contributed by atoms with Crippen LogP contribution in [-0.2, 0) is 4.74 Å². The Balaban J connectivity index is 2.32. The SMILES string of the molecule is O=c1cc(O)ccn1[C@@H]1O[C@H](CO)C(F)[C@@H]1O. The molecule has 1 aromatic heterocycles. The van der Waals surface area contributed by atoms with Gasteiger partial charge in [-0.2, -0.15) is 0 Å². The number of pyridine rings is 1. The molecule has 0 saturated carbocycles. The van der Waals surface area contributed by atoms with Crippen molar-refractivity contribution >= 4 is 0 Å². The molecule has 0 radical (unpaired) electrons. The van der Waals surface area contributed by atoms with Gasteiger partial charge in [-0.25, -0.2) is 4.39 Å². The molecule has 0 spiro atoms. The molecule has 0 bridgehead atoms. The summed E-state index contributed by atoms with van der Waals surface area (Å²) in [7, 11) is 0. The van der Waals surface area contributed by atoms with Crippen LogP contribution in [0.25, 0.3) is 0 Å². The molecule has 1 aliphatic rings. The van der Waals surface area contributed by atoms with Crippen LogP contribution in [0.1, 0.15) is 6.23 Å². The van der Waals surface area contributed by atoms with Crippen molar-refractivity contribution in [3.05, 3.63) is 28.7 Å². The number of nitrogens with zero attached hydrogens (tertiary/aromatic N) is 1. The molecule has 2 heterocycles. The van der Waals surface area contributed by atoms with E-state index in [1.165, 1.54) is 12.3 Å². The van der Waals surface area contributed by atoms with Crippen LogP contribution in [0.3, 0.4) is 0 Å². The van der Waals surface area contributed by atoms with Gasteiger partial charge < -0.3 is 20.1 Å². The number of aromatic hydroxyl groups is 1. The van der Waals surface area contributed by atoms with E-state index in [9.17, 15) is 14.3 Å². The number of aromatic nitrogens is 1. The minimum atomic E-state index is -1.76.